The highest BCUT2D eigenvalue weighted by Gasteiger charge is 2.25. The van der Waals surface area contributed by atoms with Crippen LogP contribution in [0.2, 0.25) is 5.02 Å². The van der Waals surface area contributed by atoms with Gasteiger partial charge in [-0.05, 0) is 13.1 Å². The highest BCUT2D eigenvalue weighted by Crippen LogP contribution is 2.46. The average Bonchev–Trinajstić information content (AvgIpc) is 2.39. The SMILES string of the molecule is CNCC(O)c1cc2c(c(Cl)c1OC)OCCO2. The molecule has 1 atom stereocenters. The van der Waals surface area contributed by atoms with Crippen LogP contribution in [-0.2, 0) is 0 Å². The maximum absolute atomic E-state index is 10.1. The fraction of sp³-hybridized carbons (Fsp3) is 0.500. The number of methoxy groups -OCH3 is 1. The predicted octanol–water partition coefficient (Wildman–Crippen LogP) is 1.37. The maximum Gasteiger partial charge on any atom is 0.183 e. The number of nitrogens with one attached hydrogen (secondary N) is 1. The molecule has 0 spiro atoms. The molecule has 0 aliphatic carbocycles. The quantitative estimate of drug-likeness (QED) is 0.868. The van der Waals surface area contributed by atoms with Crippen molar-refractivity contribution in [1.82, 2.24) is 5.32 Å². The molecule has 0 bridgehead atoms. The molecular weight excluding hydrogens is 258 g/mol. The third kappa shape index (κ3) is 2.34. The fourth-order valence-corrected chi connectivity index (χ4v) is 2.24. The van der Waals surface area contributed by atoms with Crippen molar-refractivity contribution in [3.8, 4) is 17.2 Å². The molecule has 1 aliphatic rings. The lowest BCUT2D eigenvalue weighted by atomic mass is 10.1. The second kappa shape index (κ2) is 5.65. The van der Waals surface area contributed by atoms with Crippen molar-refractivity contribution in [2.24, 2.45) is 0 Å². The Hall–Kier alpha value is -1.17. The summed E-state index contributed by atoms with van der Waals surface area (Å²) in [5.41, 5.74) is 0.584. The highest BCUT2D eigenvalue weighted by molar-refractivity contribution is 6.34. The molecule has 0 amide bonds. The first-order chi connectivity index (χ1) is 8.69. The fourth-order valence-electron chi connectivity index (χ4n) is 1.91. The molecule has 0 saturated carbocycles. The van der Waals surface area contributed by atoms with Gasteiger partial charge in [0.1, 0.15) is 24.0 Å². The monoisotopic (exact) mass is 273 g/mol. The Balaban J connectivity index is 2.48. The van der Waals surface area contributed by atoms with E-state index in [0.29, 0.717) is 47.6 Å². The molecule has 0 aromatic heterocycles. The summed E-state index contributed by atoms with van der Waals surface area (Å²) in [4.78, 5) is 0. The molecule has 2 N–H and O–H groups in total. The number of rotatable bonds is 4. The van der Waals surface area contributed by atoms with Crippen LogP contribution < -0.4 is 19.5 Å². The Morgan fingerprint density at radius 2 is 2.22 bits per heavy atom. The number of ether oxygens (including phenoxy) is 3. The van der Waals surface area contributed by atoms with Crippen LogP contribution in [0.4, 0.5) is 0 Å². The van der Waals surface area contributed by atoms with Gasteiger partial charge in [0.25, 0.3) is 0 Å². The standard InChI is InChI=1S/C12H16ClNO4/c1-14-6-8(15)7-5-9-12(18-4-3-17-9)10(13)11(7)16-2/h5,8,14-15H,3-4,6H2,1-2H3. The van der Waals surface area contributed by atoms with Gasteiger partial charge in [-0.15, -0.1) is 0 Å². The van der Waals surface area contributed by atoms with Gasteiger partial charge in [-0.2, -0.15) is 0 Å². The first kappa shape index (κ1) is 13.3. The minimum absolute atomic E-state index is 0.333. The van der Waals surface area contributed by atoms with Gasteiger partial charge >= 0.3 is 0 Å². The second-order valence-corrected chi connectivity index (χ2v) is 4.29. The summed E-state index contributed by atoms with van der Waals surface area (Å²) in [6, 6.07) is 1.71. The van der Waals surface area contributed by atoms with Crippen LogP contribution in [0, 0.1) is 0 Å². The summed E-state index contributed by atoms with van der Waals surface area (Å²) in [5.74, 6) is 1.43. The lowest BCUT2D eigenvalue weighted by molar-refractivity contribution is 0.161. The molecule has 5 nitrogen and oxygen atoms in total. The van der Waals surface area contributed by atoms with Crippen molar-refractivity contribution in [1.29, 1.82) is 0 Å². The van der Waals surface area contributed by atoms with Crippen LogP contribution in [0.5, 0.6) is 17.2 Å². The summed E-state index contributed by atoms with van der Waals surface area (Å²) in [5, 5.41) is 13.3. The summed E-state index contributed by atoms with van der Waals surface area (Å²) in [6.07, 6.45) is -0.724. The normalized spacial score (nSPS) is 15.3. The number of hydrogen-bond donors (Lipinski definition) is 2. The Morgan fingerprint density at radius 3 is 2.89 bits per heavy atom. The summed E-state index contributed by atoms with van der Waals surface area (Å²) in [6.45, 7) is 1.32. The van der Waals surface area contributed by atoms with Crippen LogP contribution in [0.3, 0.4) is 0 Å². The number of hydrogen-bond acceptors (Lipinski definition) is 5. The van der Waals surface area contributed by atoms with E-state index in [2.05, 4.69) is 5.32 Å². The molecule has 0 fully saturated rings. The zero-order chi connectivity index (χ0) is 13.1. The lowest BCUT2D eigenvalue weighted by Gasteiger charge is -2.24. The van der Waals surface area contributed by atoms with Crippen LogP contribution in [0.1, 0.15) is 11.7 Å². The first-order valence-corrected chi connectivity index (χ1v) is 6.05. The predicted molar refractivity (Wildman–Crippen MR) is 67.9 cm³/mol. The summed E-state index contributed by atoms with van der Waals surface area (Å²) >= 11 is 6.21. The van der Waals surface area contributed by atoms with E-state index in [9.17, 15) is 5.11 Å². The van der Waals surface area contributed by atoms with E-state index in [1.165, 1.54) is 7.11 Å². The van der Waals surface area contributed by atoms with E-state index < -0.39 is 6.10 Å². The third-order valence-corrected chi connectivity index (χ3v) is 3.06. The van der Waals surface area contributed by atoms with E-state index in [-0.39, 0.29) is 0 Å². The molecular formula is C12H16ClNO4. The van der Waals surface area contributed by atoms with E-state index >= 15 is 0 Å². The van der Waals surface area contributed by atoms with Gasteiger partial charge in [0.15, 0.2) is 11.5 Å². The molecule has 100 valence electrons. The minimum atomic E-state index is -0.724. The molecule has 1 heterocycles. The molecule has 0 saturated heterocycles. The number of halogens is 1. The minimum Gasteiger partial charge on any atom is -0.495 e. The molecule has 18 heavy (non-hydrogen) atoms. The van der Waals surface area contributed by atoms with Crippen molar-refractivity contribution >= 4 is 11.6 Å². The number of aliphatic hydroxyl groups is 1. The Morgan fingerprint density at radius 1 is 1.50 bits per heavy atom. The number of aliphatic hydroxyl groups excluding tert-OH is 1. The largest absolute Gasteiger partial charge is 0.495 e. The van der Waals surface area contributed by atoms with Crippen molar-refractivity contribution < 1.29 is 19.3 Å². The Bertz CT molecular complexity index is 439. The summed E-state index contributed by atoms with van der Waals surface area (Å²) in [7, 11) is 3.27. The van der Waals surface area contributed by atoms with Crippen LogP contribution >= 0.6 is 11.6 Å². The van der Waals surface area contributed by atoms with Gasteiger partial charge in [-0.3, -0.25) is 0 Å². The molecule has 1 aromatic carbocycles. The van der Waals surface area contributed by atoms with Crippen molar-refractivity contribution in [2.75, 3.05) is 33.9 Å². The van der Waals surface area contributed by atoms with Gasteiger partial charge in [-0.25, -0.2) is 0 Å². The molecule has 1 aliphatic heterocycles. The number of fused-ring (bicyclic) bond motifs is 1. The van der Waals surface area contributed by atoms with Gasteiger partial charge in [0.05, 0.1) is 13.2 Å². The zero-order valence-electron chi connectivity index (χ0n) is 10.3. The van der Waals surface area contributed by atoms with E-state index in [1.807, 2.05) is 0 Å². The van der Waals surface area contributed by atoms with Crippen LogP contribution in [-0.4, -0.2) is 39.0 Å². The van der Waals surface area contributed by atoms with Crippen LogP contribution in [0.15, 0.2) is 6.07 Å². The molecule has 0 radical (unpaired) electrons. The van der Waals surface area contributed by atoms with E-state index in [4.69, 9.17) is 25.8 Å². The van der Waals surface area contributed by atoms with Crippen molar-refractivity contribution in [3.05, 3.63) is 16.7 Å². The number of benzene rings is 1. The molecule has 2 rings (SSSR count). The van der Waals surface area contributed by atoms with Crippen molar-refractivity contribution in [3.63, 3.8) is 0 Å². The maximum atomic E-state index is 10.1. The number of likely N-dealkylation sites (N-methyl/N-ethyl adjacent to an activating group) is 1. The average molecular weight is 274 g/mol. The zero-order valence-corrected chi connectivity index (χ0v) is 11.1. The van der Waals surface area contributed by atoms with Gasteiger partial charge < -0.3 is 24.6 Å². The second-order valence-electron chi connectivity index (χ2n) is 3.91. The smallest absolute Gasteiger partial charge is 0.183 e. The van der Waals surface area contributed by atoms with E-state index in [0.717, 1.165) is 0 Å². The van der Waals surface area contributed by atoms with Gasteiger partial charge in [-0.1, -0.05) is 11.6 Å². The molecule has 1 aromatic rings. The Labute approximate surface area is 111 Å². The lowest BCUT2D eigenvalue weighted by Crippen LogP contribution is -2.19. The summed E-state index contributed by atoms with van der Waals surface area (Å²) < 4.78 is 16.2. The topological polar surface area (TPSA) is 60.0 Å². The molecule has 6 heteroatoms. The van der Waals surface area contributed by atoms with Crippen LogP contribution in [0.25, 0.3) is 0 Å². The molecule has 1 unspecified atom stereocenters. The highest BCUT2D eigenvalue weighted by atomic mass is 35.5. The van der Waals surface area contributed by atoms with Crippen molar-refractivity contribution in [2.45, 2.75) is 6.10 Å². The first-order valence-electron chi connectivity index (χ1n) is 5.67. The third-order valence-electron chi connectivity index (χ3n) is 2.72. The van der Waals surface area contributed by atoms with Gasteiger partial charge in [0, 0.05) is 12.1 Å². The van der Waals surface area contributed by atoms with E-state index in [1.54, 1.807) is 13.1 Å². The Kier molecular flexibility index (Phi) is 4.16. The van der Waals surface area contributed by atoms with Gasteiger partial charge in [0.2, 0.25) is 0 Å².